The van der Waals surface area contributed by atoms with Gasteiger partial charge >= 0.3 is 12.0 Å². The summed E-state index contributed by atoms with van der Waals surface area (Å²) in [6.07, 6.45) is 2.52. The molecule has 126 valence electrons. The van der Waals surface area contributed by atoms with Crippen molar-refractivity contribution < 1.29 is 19.4 Å². The zero-order valence-electron chi connectivity index (χ0n) is 13.7. The Morgan fingerprint density at radius 1 is 1.43 bits per heavy atom. The van der Waals surface area contributed by atoms with Crippen molar-refractivity contribution in [2.45, 2.75) is 33.1 Å². The average molecular weight is 320 g/mol. The Morgan fingerprint density at radius 2 is 2.22 bits per heavy atom. The van der Waals surface area contributed by atoms with E-state index < -0.39 is 11.4 Å². The van der Waals surface area contributed by atoms with Crippen molar-refractivity contribution in [2.24, 2.45) is 5.41 Å². The highest BCUT2D eigenvalue weighted by atomic mass is 16.5. The van der Waals surface area contributed by atoms with Crippen molar-refractivity contribution in [2.75, 3.05) is 25.0 Å². The Hall–Kier alpha value is -2.24. The molecule has 23 heavy (non-hydrogen) atoms. The molecule has 0 aromatic heterocycles. The lowest BCUT2D eigenvalue weighted by molar-refractivity contribution is -0.146. The van der Waals surface area contributed by atoms with Crippen LogP contribution in [-0.4, -0.2) is 41.7 Å². The number of rotatable bonds is 6. The van der Waals surface area contributed by atoms with Gasteiger partial charge in [-0.1, -0.05) is 19.4 Å². The normalized spacial score (nSPS) is 20.3. The second-order valence-electron chi connectivity index (χ2n) is 6.20. The summed E-state index contributed by atoms with van der Waals surface area (Å²) < 4.78 is 5.62. The third-order valence-electron chi connectivity index (χ3n) is 4.13. The summed E-state index contributed by atoms with van der Waals surface area (Å²) in [6, 6.07) is 6.96. The van der Waals surface area contributed by atoms with Crippen LogP contribution < -0.4 is 10.1 Å². The fourth-order valence-electron chi connectivity index (χ4n) is 2.51. The van der Waals surface area contributed by atoms with E-state index >= 15 is 0 Å². The topological polar surface area (TPSA) is 78.9 Å². The van der Waals surface area contributed by atoms with Gasteiger partial charge in [-0.2, -0.15) is 0 Å². The first-order valence-electron chi connectivity index (χ1n) is 7.97. The molecule has 0 saturated carbocycles. The van der Waals surface area contributed by atoms with Crippen LogP contribution in [0.2, 0.25) is 0 Å². The van der Waals surface area contributed by atoms with Crippen molar-refractivity contribution >= 4 is 17.7 Å². The molecular weight excluding hydrogens is 296 g/mol. The number of carbonyl (C=O) groups is 2. The van der Waals surface area contributed by atoms with Crippen LogP contribution in [0.25, 0.3) is 0 Å². The number of urea groups is 1. The van der Waals surface area contributed by atoms with Crippen LogP contribution in [0, 0.1) is 5.41 Å². The lowest BCUT2D eigenvalue weighted by Gasteiger charge is -2.20. The van der Waals surface area contributed by atoms with Crippen molar-refractivity contribution in [3.05, 3.63) is 24.3 Å². The third kappa shape index (κ3) is 4.37. The number of unbranched alkanes of at least 4 members (excludes halogenated alkanes) is 1. The van der Waals surface area contributed by atoms with E-state index in [2.05, 4.69) is 12.2 Å². The van der Waals surface area contributed by atoms with E-state index in [1.807, 2.05) is 12.1 Å². The maximum absolute atomic E-state index is 12.3. The number of nitrogens with one attached hydrogen (secondary N) is 1. The number of carboxylic acid groups (broad SMARTS) is 1. The number of carboxylic acids is 1. The fourth-order valence-corrected chi connectivity index (χ4v) is 2.51. The van der Waals surface area contributed by atoms with Crippen molar-refractivity contribution in [3.63, 3.8) is 0 Å². The molecule has 1 aliphatic rings. The first kappa shape index (κ1) is 17.1. The van der Waals surface area contributed by atoms with Gasteiger partial charge in [-0.15, -0.1) is 0 Å². The molecule has 2 amide bonds. The van der Waals surface area contributed by atoms with E-state index in [9.17, 15) is 14.7 Å². The molecule has 6 heteroatoms. The molecule has 1 fully saturated rings. The number of amides is 2. The first-order chi connectivity index (χ1) is 10.9. The standard InChI is InChI=1S/C17H24N2O4/c1-3-4-10-23-14-7-5-6-13(11-14)18-16(22)19-9-8-17(2,12-19)15(20)21/h5-7,11H,3-4,8-10,12H2,1-2H3,(H,18,22)(H,20,21). The highest BCUT2D eigenvalue weighted by molar-refractivity contribution is 5.90. The first-order valence-corrected chi connectivity index (χ1v) is 7.97. The van der Waals surface area contributed by atoms with E-state index in [4.69, 9.17) is 4.74 Å². The number of aliphatic carboxylic acids is 1. The predicted molar refractivity (Wildman–Crippen MR) is 87.8 cm³/mol. The molecule has 6 nitrogen and oxygen atoms in total. The fraction of sp³-hybridized carbons (Fsp3) is 0.529. The molecule has 2 rings (SSSR count). The predicted octanol–water partition coefficient (Wildman–Crippen LogP) is 3.19. The van der Waals surface area contributed by atoms with Gasteiger partial charge in [0.25, 0.3) is 0 Å². The maximum Gasteiger partial charge on any atom is 0.321 e. The van der Waals surface area contributed by atoms with Crippen molar-refractivity contribution in [1.29, 1.82) is 0 Å². The summed E-state index contributed by atoms with van der Waals surface area (Å²) in [4.78, 5) is 25.1. The monoisotopic (exact) mass is 320 g/mol. The van der Waals surface area contributed by atoms with Crippen LogP contribution in [0.3, 0.4) is 0 Å². The summed E-state index contributed by atoms with van der Waals surface area (Å²) in [5, 5.41) is 12.0. The summed E-state index contributed by atoms with van der Waals surface area (Å²) in [5.41, 5.74) is -0.212. The molecule has 0 bridgehead atoms. The Kier molecular flexibility index (Phi) is 5.47. The molecule has 1 atom stereocenters. The number of hydrogen-bond donors (Lipinski definition) is 2. The SMILES string of the molecule is CCCCOc1cccc(NC(=O)N2CCC(C)(C(=O)O)C2)c1. The zero-order chi connectivity index (χ0) is 16.9. The molecule has 1 aromatic rings. The quantitative estimate of drug-likeness (QED) is 0.789. The van der Waals surface area contributed by atoms with Gasteiger partial charge in [0.2, 0.25) is 0 Å². The number of nitrogens with zero attached hydrogens (tertiary/aromatic N) is 1. The van der Waals surface area contributed by atoms with Gasteiger partial charge < -0.3 is 20.1 Å². The van der Waals surface area contributed by atoms with E-state index in [1.165, 1.54) is 0 Å². The molecule has 1 aromatic carbocycles. The third-order valence-corrected chi connectivity index (χ3v) is 4.13. The summed E-state index contributed by atoms with van der Waals surface area (Å²) in [7, 11) is 0. The summed E-state index contributed by atoms with van der Waals surface area (Å²) >= 11 is 0. The molecular formula is C17H24N2O4. The van der Waals surface area contributed by atoms with Gasteiger partial charge in [0, 0.05) is 24.8 Å². The Balaban J connectivity index is 1.93. The number of carbonyl (C=O) groups excluding carboxylic acids is 1. The minimum Gasteiger partial charge on any atom is -0.494 e. The van der Waals surface area contributed by atoms with Gasteiger partial charge in [-0.05, 0) is 31.9 Å². The lowest BCUT2D eigenvalue weighted by Crippen LogP contribution is -2.37. The number of benzene rings is 1. The van der Waals surface area contributed by atoms with E-state index in [0.717, 1.165) is 12.8 Å². The van der Waals surface area contributed by atoms with Crippen LogP contribution >= 0.6 is 0 Å². The van der Waals surface area contributed by atoms with Crippen LogP contribution in [0.5, 0.6) is 5.75 Å². The summed E-state index contributed by atoms with van der Waals surface area (Å²) in [5.74, 6) is -0.146. The van der Waals surface area contributed by atoms with Gasteiger partial charge in [-0.25, -0.2) is 4.79 Å². The second kappa shape index (κ2) is 7.35. The maximum atomic E-state index is 12.3. The highest BCUT2D eigenvalue weighted by Crippen LogP contribution is 2.30. The molecule has 1 aliphatic heterocycles. The number of ether oxygens (including phenoxy) is 1. The van der Waals surface area contributed by atoms with E-state index in [-0.39, 0.29) is 12.6 Å². The van der Waals surface area contributed by atoms with Crippen LogP contribution in [0.1, 0.15) is 33.1 Å². The average Bonchev–Trinajstić information content (AvgIpc) is 2.92. The Labute approximate surface area is 136 Å². The van der Waals surface area contributed by atoms with Gasteiger partial charge in [0.15, 0.2) is 0 Å². The Bertz CT molecular complexity index is 575. The molecule has 0 radical (unpaired) electrons. The van der Waals surface area contributed by atoms with Crippen LogP contribution in [0.4, 0.5) is 10.5 Å². The number of anilines is 1. The van der Waals surface area contributed by atoms with Gasteiger partial charge in [0.05, 0.1) is 12.0 Å². The van der Waals surface area contributed by atoms with Crippen LogP contribution in [-0.2, 0) is 4.79 Å². The minimum absolute atomic E-state index is 0.223. The van der Waals surface area contributed by atoms with E-state index in [1.54, 1.807) is 24.0 Å². The highest BCUT2D eigenvalue weighted by Gasteiger charge is 2.42. The molecule has 0 aliphatic carbocycles. The molecule has 1 heterocycles. The van der Waals surface area contributed by atoms with Crippen LogP contribution in [0.15, 0.2) is 24.3 Å². The molecule has 1 saturated heterocycles. The van der Waals surface area contributed by atoms with Crippen molar-refractivity contribution in [3.8, 4) is 5.75 Å². The van der Waals surface area contributed by atoms with Crippen molar-refractivity contribution in [1.82, 2.24) is 4.90 Å². The Morgan fingerprint density at radius 3 is 2.87 bits per heavy atom. The summed E-state index contributed by atoms with van der Waals surface area (Å²) in [6.45, 7) is 5.09. The second-order valence-corrected chi connectivity index (χ2v) is 6.20. The zero-order valence-corrected chi connectivity index (χ0v) is 13.7. The smallest absolute Gasteiger partial charge is 0.321 e. The molecule has 0 spiro atoms. The minimum atomic E-state index is -0.862. The molecule has 1 unspecified atom stereocenters. The largest absolute Gasteiger partial charge is 0.494 e. The van der Waals surface area contributed by atoms with Gasteiger partial charge in [0.1, 0.15) is 5.75 Å². The van der Waals surface area contributed by atoms with Gasteiger partial charge in [-0.3, -0.25) is 4.79 Å². The lowest BCUT2D eigenvalue weighted by atomic mass is 9.90. The number of likely N-dealkylation sites (tertiary alicyclic amines) is 1. The van der Waals surface area contributed by atoms with E-state index in [0.29, 0.717) is 31.0 Å². The molecule has 2 N–H and O–H groups in total. The number of hydrogen-bond acceptors (Lipinski definition) is 3.